The van der Waals surface area contributed by atoms with Gasteiger partial charge in [-0.2, -0.15) is 5.10 Å². The fourth-order valence-electron chi connectivity index (χ4n) is 1.68. The third kappa shape index (κ3) is 2.98. The number of anilines is 1. The van der Waals surface area contributed by atoms with Crippen molar-refractivity contribution in [3.63, 3.8) is 0 Å². The second-order valence-electron chi connectivity index (χ2n) is 4.53. The summed E-state index contributed by atoms with van der Waals surface area (Å²) in [6.45, 7) is 8.36. The van der Waals surface area contributed by atoms with Gasteiger partial charge < -0.3 is 5.32 Å². The predicted molar refractivity (Wildman–Crippen MR) is 76.6 cm³/mol. The average molecular weight is 279 g/mol. The molecule has 0 aromatic carbocycles. The molecule has 7 heteroatoms. The first-order valence-corrected chi connectivity index (χ1v) is 7.02. The lowest BCUT2D eigenvalue weighted by atomic mass is 10.3. The molecule has 0 amide bonds. The van der Waals surface area contributed by atoms with Crippen LogP contribution in [0.2, 0.25) is 0 Å². The zero-order valence-corrected chi connectivity index (χ0v) is 12.3. The van der Waals surface area contributed by atoms with Crippen molar-refractivity contribution in [1.29, 1.82) is 0 Å². The number of aryl methyl sites for hydroxylation is 2. The van der Waals surface area contributed by atoms with Gasteiger partial charge in [0.25, 0.3) is 5.56 Å². The SMILES string of the molecule is CCn1nc(C)cc(-c2nnc(NC(C)C)s2)c1=O. The van der Waals surface area contributed by atoms with Crippen LogP contribution in [0.25, 0.3) is 10.6 Å². The van der Waals surface area contributed by atoms with Crippen LogP contribution in [0.1, 0.15) is 26.5 Å². The van der Waals surface area contributed by atoms with Crippen molar-refractivity contribution in [2.45, 2.75) is 40.3 Å². The van der Waals surface area contributed by atoms with Crippen molar-refractivity contribution in [1.82, 2.24) is 20.0 Å². The molecule has 0 spiro atoms. The van der Waals surface area contributed by atoms with Crippen LogP contribution in [0.5, 0.6) is 0 Å². The van der Waals surface area contributed by atoms with E-state index >= 15 is 0 Å². The van der Waals surface area contributed by atoms with Crippen LogP contribution in [0.15, 0.2) is 10.9 Å². The zero-order chi connectivity index (χ0) is 14.0. The number of aromatic nitrogens is 4. The molecule has 0 aliphatic heterocycles. The van der Waals surface area contributed by atoms with E-state index in [1.807, 2.05) is 27.7 Å². The maximum atomic E-state index is 12.2. The second-order valence-corrected chi connectivity index (χ2v) is 5.51. The molecule has 2 aromatic heterocycles. The lowest BCUT2D eigenvalue weighted by Gasteiger charge is -2.04. The number of nitrogens with one attached hydrogen (secondary N) is 1. The summed E-state index contributed by atoms with van der Waals surface area (Å²) in [5.74, 6) is 0. The summed E-state index contributed by atoms with van der Waals surface area (Å²) in [7, 11) is 0. The topological polar surface area (TPSA) is 72.7 Å². The molecule has 0 atom stereocenters. The van der Waals surface area contributed by atoms with Crippen LogP contribution < -0.4 is 10.9 Å². The lowest BCUT2D eigenvalue weighted by molar-refractivity contribution is 0.607. The van der Waals surface area contributed by atoms with Gasteiger partial charge in [-0.3, -0.25) is 4.79 Å². The summed E-state index contributed by atoms with van der Waals surface area (Å²) in [6.07, 6.45) is 0. The van der Waals surface area contributed by atoms with E-state index in [9.17, 15) is 4.79 Å². The van der Waals surface area contributed by atoms with Crippen LogP contribution in [0, 0.1) is 6.92 Å². The number of rotatable bonds is 4. The van der Waals surface area contributed by atoms with Gasteiger partial charge >= 0.3 is 0 Å². The van der Waals surface area contributed by atoms with Crippen molar-refractivity contribution in [3.05, 3.63) is 22.1 Å². The Balaban J connectivity index is 2.44. The minimum atomic E-state index is -0.125. The molecule has 2 aromatic rings. The van der Waals surface area contributed by atoms with Gasteiger partial charge in [0.1, 0.15) is 0 Å². The monoisotopic (exact) mass is 279 g/mol. The molecule has 2 rings (SSSR count). The normalized spacial score (nSPS) is 11.0. The second kappa shape index (κ2) is 5.48. The summed E-state index contributed by atoms with van der Waals surface area (Å²) < 4.78 is 1.45. The first-order chi connectivity index (χ1) is 9.01. The Kier molecular flexibility index (Phi) is 3.94. The van der Waals surface area contributed by atoms with Gasteiger partial charge in [-0.1, -0.05) is 11.3 Å². The van der Waals surface area contributed by atoms with Crippen LogP contribution in [-0.4, -0.2) is 26.0 Å². The Labute approximate surface area is 115 Å². The maximum absolute atomic E-state index is 12.2. The minimum absolute atomic E-state index is 0.125. The molecule has 0 fully saturated rings. The Bertz CT molecular complexity index is 631. The van der Waals surface area contributed by atoms with E-state index < -0.39 is 0 Å². The van der Waals surface area contributed by atoms with E-state index in [4.69, 9.17) is 0 Å². The quantitative estimate of drug-likeness (QED) is 0.925. The molecular weight excluding hydrogens is 262 g/mol. The van der Waals surface area contributed by atoms with Gasteiger partial charge in [0.15, 0.2) is 5.01 Å². The summed E-state index contributed by atoms with van der Waals surface area (Å²) in [5.41, 5.74) is 1.23. The Hall–Kier alpha value is -1.76. The van der Waals surface area contributed by atoms with Gasteiger partial charge in [0, 0.05) is 12.6 Å². The average Bonchev–Trinajstić information content (AvgIpc) is 2.79. The third-order valence-corrected chi connectivity index (χ3v) is 3.35. The van der Waals surface area contributed by atoms with E-state index in [1.165, 1.54) is 16.0 Å². The van der Waals surface area contributed by atoms with Crippen LogP contribution in [0.3, 0.4) is 0 Å². The molecule has 0 bridgehead atoms. The maximum Gasteiger partial charge on any atom is 0.277 e. The molecule has 0 radical (unpaired) electrons. The largest absolute Gasteiger partial charge is 0.358 e. The smallest absolute Gasteiger partial charge is 0.277 e. The molecule has 19 heavy (non-hydrogen) atoms. The molecule has 0 aliphatic rings. The fourth-order valence-corrected chi connectivity index (χ4v) is 2.58. The Morgan fingerprint density at radius 1 is 1.42 bits per heavy atom. The molecule has 6 nitrogen and oxygen atoms in total. The minimum Gasteiger partial charge on any atom is -0.358 e. The van der Waals surface area contributed by atoms with E-state index in [0.29, 0.717) is 17.1 Å². The Morgan fingerprint density at radius 3 is 2.79 bits per heavy atom. The van der Waals surface area contributed by atoms with Crippen molar-refractivity contribution >= 4 is 16.5 Å². The molecule has 102 valence electrons. The van der Waals surface area contributed by atoms with Gasteiger partial charge in [-0.05, 0) is 33.8 Å². The highest BCUT2D eigenvalue weighted by Crippen LogP contribution is 2.24. The number of hydrogen-bond donors (Lipinski definition) is 1. The molecule has 0 saturated carbocycles. The highest BCUT2D eigenvalue weighted by atomic mass is 32.1. The van der Waals surface area contributed by atoms with Crippen molar-refractivity contribution in [2.24, 2.45) is 0 Å². The lowest BCUT2D eigenvalue weighted by Crippen LogP contribution is -2.24. The Morgan fingerprint density at radius 2 is 2.16 bits per heavy atom. The summed E-state index contributed by atoms with van der Waals surface area (Å²) in [5, 5.41) is 16.8. The molecule has 0 aliphatic carbocycles. The fraction of sp³-hybridized carbons (Fsp3) is 0.500. The standard InChI is InChI=1S/C12H17N5OS/c1-5-17-11(18)9(6-8(4)16-17)10-14-15-12(19-10)13-7(2)3/h6-7H,5H2,1-4H3,(H,13,15). The van der Waals surface area contributed by atoms with Crippen molar-refractivity contribution in [2.75, 3.05) is 5.32 Å². The summed E-state index contributed by atoms with van der Waals surface area (Å²) >= 11 is 1.38. The van der Waals surface area contributed by atoms with Crippen LogP contribution in [0.4, 0.5) is 5.13 Å². The molecular formula is C12H17N5OS. The van der Waals surface area contributed by atoms with Gasteiger partial charge in [-0.15, -0.1) is 10.2 Å². The van der Waals surface area contributed by atoms with Gasteiger partial charge in [-0.25, -0.2) is 4.68 Å². The van der Waals surface area contributed by atoms with Crippen molar-refractivity contribution in [3.8, 4) is 10.6 Å². The van der Waals surface area contributed by atoms with E-state index in [2.05, 4.69) is 20.6 Å². The van der Waals surface area contributed by atoms with E-state index in [0.717, 1.165) is 10.8 Å². The van der Waals surface area contributed by atoms with Gasteiger partial charge in [0.2, 0.25) is 5.13 Å². The van der Waals surface area contributed by atoms with Gasteiger partial charge in [0.05, 0.1) is 11.3 Å². The molecule has 2 heterocycles. The van der Waals surface area contributed by atoms with Crippen LogP contribution >= 0.6 is 11.3 Å². The summed E-state index contributed by atoms with van der Waals surface area (Å²) in [6, 6.07) is 2.04. The zero-order valence-electron chi connectivity index (χ0n) is 11.5. The highest BCUT2D eigenvalue weighted by molar-refractivity contribution is 7.18. The number of nitrogens with zero attached hydrogens (tertiary/aromatic N) is 4. The van der Waals surface area contributed by atoms with Crippen molar-refractivity contribution < 1.29 is 0 Å². The highest BCUT2D eigenvalue weighted by Gasteiger charge is 2.13. The first-order valence-electron chi connectivity index (χ1n) is 6.20. The molecule has 1 N–H and O–H groups in total. The first kappa shape index (κ1) is 13.7. The van der Waals surface area contributed by atoms with Crippen LogP contribution in [-0.2, 0) is 6.54 Å². The van der Waals surface area contributed by atoms with E-state index in [-0.39, 0.29) is 11.6 Å². The molecule has 0 saturated heterocycles. The number of hydrogen-bond acceptors (Lipinski definition) is 6. The molecule has 0 unspecified atom stereocenters. The predicted octanol–water partition coefficient (Wildman–Crippen LogP) is 1.91. The van der Waals surface area contributed by atoms with E-state index in [1.54, 1.807) is 6.07 Å². The third-order valence-electron chi connectivity index (χ3n) is 2.46. The summed E-state index contributed by atoms with van der Waals surface area (Å²) in [4.78, 5) is 12.2.